The molecule has 0 saturated carbocycles. The molecule has 0 spiro atoms. The van der Waals surface area contributed by atoms with Gasteiger partial charge in [0, 0.05) is 13.1 Å². The normalized spacial score (nSPS) is 10.5. The number of rotatable bonds is 4. The zero-order chi connectivity index (χ0) is 13.0. The Morgan fingerprint density at radius 2 is 1.61 bits per heavy atom. The summed E-state index contributed by atoms with van der Waals surface area (Å²) in [5.74, 6) is -0.527. The monoisotopic (exact) mass is 247 g/mol. The first-order valence-corrected chi connectivity index (χ1v) is 5.61. The summed E-state index contributed by atoms with van der Waals surface area (Å²) < 4.78 is 12.9. The Morgan fingerprint density at radius 3 is 2.28 bits per heavy atom. The van der Waals surface area contributed by atoms with Crippen molar-refractivity contribution in [1.82, 2.24) is 5.32 Å². The van der Waals surface area contributed by atoms with Gasteiger partial charge in [0.25, 0.3) is 0 Å². The van der Waals surface area contributed by atoms with Gasteiger partial charge in [-0.15, -0.1) is 0 Å². The Kier molecular flexibility index (Phi) is 3.79. The van der Waals surface area contributed by atoms with Crippen LogP contribution in [0, 0.1) is 5.82 Å². The molecule has 0 aliphatic heterocycles. The second-order valence-corrected chi connectivity index (χ2v) is 4.06. The van der Waals surface area contributed by atoms with Gasteiger partial charge >= 0.3 is 0 Å². The maximum Gasteiger partial charge on any atom is 0.157 e. The van der Waals surface area contributed by atoms with Crippen molar-refractivity contribution >= 4 is 0 Å². The summed E-state index contributed by atoms with van der Waals surface area (Å²) in [4.78, 5) is 0. The van der Waals surface area contributed by atoms with E-state index in [9.17, 15) is 9.50 Å². The molecule has 0 heterocycles. The average Bonchev–Trinajstić information content (AvgIpc) is 2.34. The zero-order valence-electron chi connectivity index (χ0n) is 9.73. The smallest absolute Gasteiger partial charge is 0.157 e. The highest BCUT2D eigenvalue weighted by molar-refractivity contribution is 5.40. The van der Waals surface area contributed by atoms with Crippen LogP contribution in [-0.2, 0) is 13.1 Å². The molecule has 2 rings (SSSR count). The molecule has 0 saturated heterocycles. The molecule has 0 aliphatic rings. The first-order chi connectivity index (χ1) is 8.65. The molecule has 0 bridgehead atoms. The van der Waals surface area contributed by atoms with Crippen LogP contribution in [0.5, 0.6) is 11.5 Å². The maximum atomic E-state index is 12.9. The highest BCUT2D eigenvalue weighted by atomic mass is 19.1. The summed E-state index contributed by atoms with van der Waals surface area (Å²) >= 11 is 0. The fraction of sp³-hybridized carbons (Fsp3) is 0.143. The number of benzene rings is 2. The number of phenolic OH excluding ortho intramolecular Hbond substituents is 2. The van der Waals surface area contributed by atoms with Crippen molar-refractivity contribution in [2.75, 3.05) is 0 Å². The number of aromatic hydroxyl groups is 2. The lowest BCUT2D eigenvalue weighted by atomic mass is 10.2. The molecule has 0 amide bonds. The molecule has 0 fully saturated rings. The SMILES string of the molecule is Oc1ccc(CNCc2cccc(F)c2)cc1O. The summed E-state index contributed by atoms with van der Waals surface area (Å²) in [5.41, 5.74) is 1.71. The van der Waals surface area contributed by atoms with Crippen molar-refractivity contribution in [2.45, 2.75) is 13.1 Å². The highest BCUT2D eigenvalue weighted by Gasteiger charge is 2.00. The van der Waals surface area contributed by atoms with Gasteiger partial charge in [-0.1, -0.05) is 18.2 Å². The van der Waals surface area contributed by atoms with E-state index in [4.69, 9.17) is 5.11 Å². The van der Waals surface area contributed by atoms with E-state index in [0.717, 1.165) is 11.1 Å². The molecule has 2 aromatic carbocycles. The number of nitrogens with one attached hydrogen (secondary N) is 1. The molecule has 0 aromatic heterocycles. The third-order valence-corrected chi connectivity index (χ3v) is 2.59. The van der Waals surface area contributed by atoms with Crippen molar-refractivity contribution in [2.24, 2.45) is 0 Å². The minimum atomic E-state index is -0.253. The van der Waals surface area contributed by atoms with Gasteiger partial charge < -0.3 is 15.5 Å². The topological polar surface area (TPSA) is 52.5 Å². The van der Waals surface area contributed by atoms with Gasteiger partial charge in [0.15, 0.2) is 11.5 Å². The predicted octanol–water partition coefficient (Wildman–Crippen LogP) is 2.53. The fourth-order valence-corrected chi connectivity index (χ4v) is 1.68. The minimum Gasteiger partial charge on any atom is -0.504 e. The van der Waals surface area contributed by atoms with Crippen LogP contribution in [-0.4, -0.2) is 10.2 Å². The predicted molar refractivity (Wildman–Crippen MR) is 66.7 cm³/mol. The lowest BCUT2D eigenvalue weighted by Crippen LogP contribution is -2.12. The first-order valence-electron chi connectivity index (χ1n) is 5.61. The molecule has 2 aromatic rings. The third-order valence-electron chi connectivity index (χ3n) is 2.59. The zero-order valence-corrected chi connectivity index (χ0v) is 9.73. The Morgan fingerprint density at radius 1 is 0.889 bits per heavy atom. The number of hydrogen-bond donors (Lipinski definition) is 3. The van der Waals surface area contributed by atoms with Crippen molar-refractivity contribution in [3.05, 3.63) is 59.4 Å². The van der Waals surface area contributed by atoms with Crippen molar-refractivity contribution in [1.29, 1.82) is 0 Å². The van der Waals surface area contributed by atoms with Gasteiger partial charge in [0.1, 0.15) is 5.82 Å². The molecule has 0 atom stereocenters. The molecule has 0 radical (unpaired) electrons. The molecule has 94 valence electrons. The second-order valence-electron chi connectivity index (χ2n) is 4.06. The Hall–Kier alpha value is -2.07. The van der Waals surface area contributed by atoms with Gasteiger partial charge in [-0.05, 0) is 35.4 Å². The van der Waals surface area contributed by atoms with Gasteiger partial charge in [-0.3, -0.25) is 0 Å². The van der Waals surface area contributed by atoms with E-state index in [1.165, 1.54) is 24.3 Å². The summed E-state index contributed by atoms with van der Waals surface area (Å²) in [6.45, 7) is 1.07. The minimum absolute atomic E-state index is 0.135. The number of phenols is 2. The van der Waals surface area contributed by atoms with Crippen LogP contribution in [0.15, 0.2) is 42.5 Å². The molecule has 3 nitrogen and oxygen atoms in total. The molecule has 4 heteroatoms. The Balaban J connectivity index is 1.90. The summed E-state index contributed by atoms with van der Waals surface area (Å²) in [7, 11) is 0. The Labute approximate surface area is 105 Å². The quantitative estimate of drug-likeness (QED) is 0.728. The van der Waals surface area contributed by atoms with E-state index >= 15 is 0 Å². The van der Waals surface area contributed by atoms with E-state index in [-0.39, 0.29) is 17.3 Å². The van der Waals surface area contributed by atoms with Gasteiger partial charge in [-0.25, -0.2) is 4.39 Å². The van der Waals surface area contributed by atoms with Gasteiger partial charge in [-0.2, -0.15) is 0 Å². The third kappa shape index (κ3) is 3.21. The summed E-state index contributed by atoms with van der Waals surface area (Å²) in [6.07, 6.45) is 0. The molecular weight excluding hydrogens is 233 g/mol. The lowest BCUT2D eigenvalue weighted by molar-refractivity contribution is 0.403. The van der Waals surface area contributed by atoms with Gasteiger partial charge in [0.05, 0.1) is 0 Å². The van der Waals surface area contributed by atoms with E-state index in [2.05, 4.69) is 5.32 Å². The van der Waals surface area contributed by atoms with E-state index in [1.807, 2.05) is 6.07 Å². The van der Waals surface area contributed by atoms with Crippen LogP contribution in [0.2, 0.25) is 0 Å². The molecule has 18 heavy (non-hydrogen) atoms. The van der Waals surface area contributed by atoms with E-state index in [1.54, 1.807) is 12.1 Å². The van der Waals surface area contributed by atoms with Gasteiger partial charge in [0.2, 0.25) is 0 Å². The van der Waals surface area contributed by atoms with E-state index in [0.29, 0.717) is 13.1 Å². The summed E-state index contributed by atoms with van der Waals surface area (Å²) in [6, 6.07) is 11.0. The van der Waals surface area contributed by atoms with Crippen LogP contribution in [0.1, 0.15) is 11.1 Å². The van der Waals surface area contributed by atoms with E-state index < -0.39 is 0 Å². The first kappa shape index (κ1) is 12.4. The van der Waals surface area contributed by atoms with Crippen molar-refractivity contribution in [3.63, 3.8) is 0 Å². The maximum absolute atomic E-state index is 12.9. The largest absolute Gasteiger partial charge is 0.504 e. The Bertz CT molecular complexity index is 543. The van der Waals surface area contributed by atoms with Crippen molar-refractivity contribution < 1.29 is 14.6 Å². The average molecular weight is 247 g/mol. The number of hydrogen-bond acceptors (Lipinski definition) is 3. The summed E-state index contributed by atoms with van der Waals surface area (Å²) in [5, 5.41) is 21.6. The number of halogens is 1. The van der Waals surface area contributed by atoms with Crippen LogP contribution in [0.25, 0.3) is 0 Å². The van der Waals surface area contributed by atoms with Crippen LogP contribution in [0.4, 0.5) is 4.39 Å². The molecular formula is C14H14FNO2. The second kappa shape index (κ2) is 5.51. The standard InChI is InChI=1S/C14H14FNO2/c15-12-3-1-2-10(6-12)8-16-9-11-4-5-13(17)14(18)7-11/h1-7,16-18H,8-9H2. The van der Waals surface area contributed by atoms with Crippen LogP contribution < -0.4 is 5.32 Å². The van der Waals surface area contributed by atoms with Crippen molar-refractivity contribution in [3.8, 4) is 11.5 Å². The lowest BCUT2D eigenvalue weighted by Gasteiger charge is -2.06. The fourth-order valence-electron chi connectivity index (χ4n) is 1.68. The highest BCUT2D eigenvalue weighted by Crippen LogP contribution is 2.24. The van der Waals surface area contributed by atoms with Crippen LogP contribution in [0.3, 0.4) is 0 Å². The molecule has 0 unspecified atom stereocenters. The molecule has 3 N–H and O–H groups in total. The molecule has 0 aliphatic carbocycles. The van der Waals surface area contributed by atoms with Crippen LogP contribution >= 0.6 is 0 Å².